The van der Waals surface area contributed by atoms with Crippen molar-refractivity contribution >= 4 is 81.5 Å². The standard InChI is InChI=1S/2C2HCl3O2.Cd/c2*3-2(4,5)1(6)7;/h2*(H,6,7);/q;;+2/p-2. The summed E-state index contributed by atoms with van der Waals surface area (Å²) >= 11 is 28.4. The van der Waals surface area contributed by atoms with Crippen LogP contribution in [0.4, 0.5) is 0 Å². The van der Waals surface area contributed by atoms with Crippen LogP contribution in [-0.4, -0.2) is 19.5 Å². The predicted octanol–water partition coefficient (Wildman–Crippen LogP) is 0.210. The molecule has 0 bridgehead atoms. The molecule has 0 aromatic carbocycles. The zero-order chi connectivity index (χ0) is 12.2. The first-order valence-corrected chi connectivity index (χ1v) is 4.72. The maximum atomic E-state index is 9.51. The Labute approximate surface area is 135 Å². The van der Waals surface area contributed by atoms with Crippen LogP contribution >= 0.6 is 69.6 Å². The summed E-state index contributed by atoms with van der Waals surface area (Å²) in [7, 11) is 0. The van der Waals surface area contributed by atoms with Gasteiger partial charge in [0, 0.05) is 0 Å². The maximum absolute atomic E-state index is 9.51. The number of carbonyl (C=O) groups is 2. The van der Waals surface area contributed by atoms with Gasteiger partial charge in [-0.2, -0.15) is 0 Å². The SMILES string of the molecule is O=C([O-])C(Cl)(Cl)Cl.O=C([O-])C(Cl)(Cl)Cl.[Cd+2]. The molecule has 0 heterocycles. The minimum Gasteiger partial charge on any atom is -0.545 e. The smallest absolute Gasteiger partial charge is 0.545 e. The quantitative estimate of drug-likeness (QED) is 0.401. The summed E-state index contributed by atoms with van der Waals surface area (Å²) in [5.41, 5.74) is 0. The third-order valence-corrected chi connectivity index (χ3v) is 1.39. The Hall–Kier alpha value is 1.60. The molecule has 0 fully saturated rings. The number of rotatable bonds is 0. The van der Waals surface area contributed by atoms with E-state index >= 15 is 0 Å². The summed E-state index contributed by atoms with van der Waals surface area (Å²) in [6.45, 7) is 0. The molecule has 0 saturated carbocycles. The largest absolute Gasteiger partial charge is 2.00 e. The van der Waals surface area contributed by atoms with Crippen molar-refractivity contribution < 1.29 is 47.1 Å². The summed E-state index contributed by atoms with van der Waals surface area (Å²) in [5.74, 6) is -3.42. The van der Waals surface area contributed by atoms with E-state index in [9.17, 15) is 19.8 Å². The average Bonchev–Trinajstić information content (AvgIpc) is 1.83. The van der Waals surface area contributed by atoms with Crippen molar-refractivity contribution in [2.24, 2.45) is 0 Å². The molecule has 0 atom stereocenters. The molecule has 0 saturated heterocycles. The van der Waals surface area contributed by atoms with Gasteiger partial charge in [-0.05, 0) is 0 Å². The Kier molecular flexibility index (Phi) is 12.6. The molecule has 0 aromatic heterocycles. The fourth-order valence-electron chi connectivity index (χ4n) is 0. The molecule has 0 spiro atoms. The van der Waals surface area contributed by atoms with Gasteiger partial charge in [-0.1, -0.05) is 69.6 Å². The van der Waals surface area contributed by atoms with E-state index < -0.39 is 19.5 Å². The van der Waals surface area contributed by atoms with Gasteiger partial charge in [-0.25, -0.2) is 0 Å². The summed E-state index contributed by atoms with van der Waals surface area (Å²) < 4.78 is -4.56. The summed E-state index contributed by atoms with van der Waals surface area (Å²) in [6, 6.07) is 0. The van der Waals surface area contributed by atoms with Crippen LogP contribution in [0.25, 0.3) is 0 Å². The van der Waals surface area contributed by atoms with Crippen LogP contribution in [0, 0.1) is 0 Å². The van der Waals surface area contributed by atoms with Crippen LogP contribution in [0.1, 0.15) is 0 Å². The first-order chi connectivity index (χ1) is 5.89. The topological polar surface area (TPSA) is 80.3 Å². The van der Waals surface area contributed by atoms with Gasteiger partial charge in [-0.3, -0.25) is 0 Å². The van der Waals surface area contributed by atoms with Crippen LogP contribution in [-0.2, 0) is 36.9 Å². The van der Waals surface area contributed by atoms with Crippen molar-refractivity contribution in [3.8, 4) is 0 Å². The van der Waals surface area contributed by atoms with Crippen molar-refractivity contribution in [2.75, 3.05) is 0 Å². The number of carbonyl (C=O) groups excluding carboxylic acids is 2. The second-order valence-electron chi connectivity index (χ2n) is 1.57. The maximum Gasteiger partial charge on any atom is 2.00 e. The molecular weight excluding hydrogens is 437 g/mol. The van der Waals surface area contributed by atoms with Gasteiger partial charge in [0.15, 0.2) is 0 Å². The number of alkyl halides is 6. The van der Waals surface area contributed by atoms with E-state index in [0.717, 1.165) is 0 Å². The number of halogens is 6. The Balaban J connectivity index is -0.000000180. The van der Waals surface area contributed by atoms with Crippen molar-refractivity contribution in [2.45, 2.75) is 7.59 Å². The molecule has 11 heteroatoms. The first kappa shape index (κ1) is 21.8. The van der Waals surface area contributed by atoms with E-state index in [-0.39, 0.29) is 27.3 Å². The molecule has 0 radical (unpaired) electrons. The van der Waals surface area contributed by atoms with Gasteiger partial charge in [0.2, 0.25) is 7.59 Å². The fourth-order valence-corrected chi connectivity index (χ4v) is 0. The monoisotopic (exact) mass is 436 g/mol. The van der Waals surface area contributed by atoms with Gasteiger partial charge in [0.1, 0.15) is 0 Å². The molecule has 0 unspecified atom stereocenters. The van der Waals surface area contributed by atoms with Crippen molar-refractivity contribution in [1.82, 2.24) is 0 Å². The zero-order valence-corrected chi connectivity index (χ0v) is 15.2. The first-order valence-electron chi connectivity index (χ1n) is 2.45. The van der Waals surface area contributed by atoms with Crippen molar-refractivity contribution in [1.29, 1.82) is 0 Å². The Bertz CT molecular complexity index is 196. The zero-order valence-electron chi connectivity index (χ0n) is 6.61. The van der Waals surface area contributed by atoms with Crippen molar-refractivity contribution in [3.05, 3.63) is 0 Å². The molecule has 15 heavy (non-hydrogen) atoms. The number of hydrogen-bond acceptors (Lipinski definition) is 4. The molecular formula is C4CdCl6O4. The summed E-state index contributed by atoms with van der Waals surface area (Å²) in [4.78, 5) is 19.0. The molecule has 84 valence electrons. The van der Waals surface area contributed by atoms with E-state index in [1.165, 1.54) is 0 Å². The van der Waals surface area contributed by atoms with E-state index in [1.807, 2.05) is 0 Å². The summed E-state index contributed by atoms with van der Waals surface area (Å²) in [5, 5.41) is 19.0. The third kappa shape index (κ3) is 15.6. The Morgan fingerprint density at radius 3 is 0.800 bits per heavy atom. The van der Waals surface area contributed by atoms with E-state index in [0.29, 0.717) is 0 Å². The van der Waals surface area contributed by atoms with Gasteiger partial charge < -0.3 is 19.8 Å². The molecule has 0 aliphatic rings. The summed E-state index contributed by atoms with van der Waals surface area (Å²) in [6.07, 6.45) is 0. The minimum atomic E-state index is -2.28. The van der Waals surface area contributed by atoms with E-state index in [1.54, 1.807) is 0 Å². The minimum absolute atomic E-state index is 0. The fraction of sp³-hybridized carbons (Fsp3) is 0.500. The van der Waals surface area contributed by atoms with E-state index in [2.05, 4.69) is 0 Å². The Morgan fingerprint density at radius 1 is 0.733 bits per heavy atom. The molecule has 0 N–H and O–H groups in total. The van der Waals surface area contributed by atoms with Gasteiger partial charge >= 0.3 is 27.3 Å². The molecule has 0 aromatic rings. The Morgan fingerprint density at radius 2 is 0.800 bits per heavy atom. The van der Waals surface area contributed by atoms with Crippen LogP contribution in [0.2, 0.25) is 0 Å². The van der Waals surface area contributed by atoms with Crippen LogP contribution in [0.5, 0.6) is 0 Å². The van der Waals surface area contributed by atoms with Gasteiger partial charge in [0.25, 0.3) is 0 Å². The van der Waals surface area contributed by atoms with Gasteiger partial charge in [0.05, 0.1) is 11.9 Å². The second kappa shape index (κ2) is 8.66. The normalized spacial score (nSPS) is 10.5. The van der Waals surface area contributed by atoms with Crippen LogP contribution < -0.4 is 10.2 Å². The number of aliphatic carboxylic acids is 2. The molecule has 0 rings (SSSR count). The number of hydrogen-bond donors (Lipinski definition) is 0. The van der Waals surface area contributed by atoms with Gasteiger partial charge in [-0.15, -0.1) is 0 Å². The second-order valence-corrected chi connectivity index (χ2v) is 6.13. The molecule has 0 aliphatic heterocycles. The predicted molar refractivity (Wildman–Crippen MR) is 50.6 cm³/mol. The molecule has 0 amide bonds. The number of carboxylic acids is 2. The van der Waals surface area contributed by atoms with E-state index in [4.69, 9.17) is 69.6 Å². The van der Waals surface area contributed by atoms with Crippen LogP contribution in [0.15, 0.2) is 0 Å². The number of carboxylic acid groups (broad SMARTS) is 2. The van der Waals surface area contributed by atoms with Crippen LogP contribution in [0.3, 0.4) is 0 Å². The third-order valence-electron chi connectivity index (χ3n) is 0.463. The molecule has 4 nitrogen and oxygen atoms in total. The van der Waals surface area contributed by atoms with Crippen molar-refractivity contribution in [3.63, 3.8) is 0 Å². The average molecular weight is 437 g/mol. The molecule has 0 aliphatic carbocycles.